The van der Waals surface area contributed by atoms with Gasteiger partial charge in [-0.2, -0.15) is 0 Å². The number of nitrogens with zero attached hydrogens (tertiary/aromatic N) is 2. The Bertz CT molecular complexity index is 435. The van der Waals surface area contributed by atoms with Crippen LogP contribution in [0.4, 0.5) is 0 Å². The van der Waals surface area contributed by atoms with E-state index in [9.17, 15) is 0 Å². The van der Waals surface area contributed by atoms with Gasteiger partial charge in [0.2, 0.25) is 0 Å². The molecule has 0 amide bonds. The number of rotatable bonds is 3. The molecule has 4 heteroatoms. The van der Waals surface area contributed by atoms with E-state index in [-0.39, 0.29) is 5.41 Å². The van der Waals surface area contributed by atoms with Crippen LogP contribution in [0.25, 0.3) is 4.96 Å². The third-order valence-corrected chi connectivity index (χ3v) is 3.88. The first kappa shape index (κ1) is 11.6. The number of imidazole rings is 1. The van der Waals surface area contributed by atoms with Crippen molar-refractivity contribution in [3.05, 3.63) is 23.5 Å². The van der Waals surface area contributed by atoms with Crippen LogP contribution in [0.1, 0.15) is 26.5 Å². The fourth-order valence-corrected chi connectivity index (χ4v) is 2.59. The van der Waals surface area contributed by atoms with E-state index in [2.05, 4.69) is 41.7 Å². The Balaban J connectivity index is 2.17. The summed E-state index contributed by atoms with van der Waals surface area (Å²) in [6.45, 7) is 7.43. The summed E-state index contributed by atoms with van der Waals surface area (Å²) in [4.78, 5) is 5.67. The number of aromatic nitrogens is 2. The number of nitrogens with two attached hydrogens (primary N) is 1. The molecule has 0 saturated carbocycles. The van der Waals surface area contributed by atoms with Crippen LogP contribution in [0.5, 0.6) is 0 Å². The van der Waals surface area contributed by atoms with E-state index in [1.54, 1.807) is 11.3 Å². The van der Waals surface area contributed by atoms with Gasteiger partial charge in [0, 0.05) is 17.8 Å². The molecule has 0 aliphatic rings. The van der Waals surface area contributed by atoms with E-state index >= 15 is 0 Å². The van der Waals surface area contributed by atoms with Crippen LogP contribution in [0.3, 0.4) is 0 Å². The van der Waals surface area contributed by atoms with E-state index in [4.69, 9.17) is 5.73 Å². The highest BCUT2D eigenvalue weighted by molar-refractivity contribution is 7.15. The van der Waals surface area contributed by atoms with E-state index in [0.29, 0.717) is 12.5 Å². The highest BCUT2D eigenvalue weighted by Crippen LogP contribution is 2.28. The first-order valence-electron chi connectivity index (χ1n) is 5.62. The van der Waals surface area contributed by atoms with Gasteiger partial charge in [0.15, 0.2) is 4.96 Å². The Kier molecular flexibility index (Phi) is 3.04. The molecule has 2 N–H and O–H groups in total. The molecule has 0 bridgehead atoms. The smallest absolute Gasteiger partial charge is 0.193 e. The summed E-state index contributed by atoms with van der Waals surface area (Å²) in [5.74, 6) is 0.483. The van der Waals surface area contributed by atoms with Gasteiger partial charge >= 0.3 is 0 Å². The van der Waals surface area contributed by atoms with Gasteiger partial charge in [0.1, 0.15) is 0 Å². The van der Waals surface area contributed by atoms with Crippen LogP contribution in [0.15, 0.2) is 17.8 Å². The first-order valence-corrected chi connectivity index (χ1v) is 6.50. The average molecular weight is 237 g/mol. The third kappa shape index (κ3) is 2.28. The van der Waals surface area contributed by atoms with Gasteiger partial charge in [-0.3, -0.25) is 4.40 Å². The summed E-state index contributed by atoms with van der Waals surface area (Å²) in [5, 5.41) is 2.05. The van der Waals surface area contributed by atoms with Crippen molar-refractivity contribution in [1.82, 2.24) is 9.38 Å². The molecule has 2 aromatic heterocycles. The fraction of sp³-hybridized carbons (Fsp3) is 0.583. The highest BCUT2D eigenvalue weighted by atomic mass is 32.1. The molecule has 2 aromatic rings. The second kappa shape index (κ2) is 4.18. The largest absolute Gasteiger partial charge is 0.330 e. The van der Waals surface area contributed by atoms with Crippen molar-refractivity contribution in [3.8, 4) is 0 Å². The molecular weight excluding hydrogens is 218 g/mol. The van der Waals surface area contributed by atoms with Gasteiger partial charge in [0.25, 0.3) is 0 Å². The molecule has 0 aliphatic carbocycles. The van der Waals surface area contributed by atoms with Gasteiger partial charge in [-0.05, 0) is 24.3 Å². The van der Waals surface area contributed by atoms with Gasteiger partial charge in [-0.15, -0.1) is 11.3 Å². The number of hydrogen-bond acceptors (Lipinski definition) is 3. The number of hydrogen-bond donors (Lipinski definition) is 1. The van der Waals surface area contributed by atoms with E-state index in [1.165, 1.54) is 0 Å². The summed E-state index contributed by atoms with van der Waals surface area (Å²) in [6.07, 6.45) is 5.12. The second-order valence-corrected chi connectivity index (χ2v) is 6.20. The van der Waals surface area contributed by atoms with E-state index in [1.807, 2.05) is 6.20 Å². The van der Waals surface area contributed by atoms with Crippen LogP contribution >= 0.6 is 11.3 Å². The summed E-state index contributed by atoms with van der Waals surface area (Å²) in [7, 11) is 0. The molecule has 0 saturated heterocycles. The number of thiazole rings is 1. The zero-order valence-electron chi connectivity index (χ0n) is 10.1. The maximum atomic E-state index is 5.84. The lowest BCUT2D eigenvalue weighted by Gasteiger charge is -2.28. The van der Waals surface area contributed by atoms with Crippen LogP contribution in [-0.2, 0) is 6.42 Å². The Hall–Kier alpha value is -0.870. The van der Waals surface area contributed by atoms with Crippen LogP contribution in [0, 0.1) is 11.3 Å². The lowest BCUT2D eigenvalue weighted by Crippen LogP contribution is -2.30. The summed E-state index contributed by atoms with van der Waals surface area (Å²) in [5.41, 5.74) is 7.24. The fourth-order valence-electron chi connectivity index (χ4n) is 1.87. The molecule has 0 spiro atoms. The molecule has 0 fully saturated rings. The van der Waals surface area contributed by atoms with Gasteiger partial charge in [-0.1, -0.05) is 20.8 Å². The standard InChI is InChI=1S/C12H19N3S/c1-12(2,3)9(7-13)6-10-8-15-4-5-16-11(15)14-10/h4-5,8-9H,6-7,13H2,1-3H3. The zero-order valence-corrected chi connectivity index (χ0v) is 10.9. The summed E-state index contributed by atoms with van der Waals surface area (Å²) in [6, 6.07) is 0. The van der Waals surface area contributed by atoms with Gasteiger partial charge < -0.3 is 5.73 Å². The predicted molar refractivity (Wildman–Crippen MR) is 68.8 cm³/mol. The van der Waals surface area contributed by atoms with Crippen molar-refractivity contribution in [1.29, 1.82) is 0 Å². The molecule has 16 heavy (non-hydrogen) atoms. The number of fused-ring (bicyclic) bond motifs is 1. The molecule has 2 rings (SSSR count). The van der Waals surface area contributed by atoms with Gasteiger partial charge in [0.05, 0.1) is 5.69 Å². The lowest BCUT2D eigenvalue weighted by molar-refractivity contribution is 0.244. The second-order valence-electron chi connectivity index (χ2n) is 5.33. The molecule has 1 atom stereocenters. The minimum Gasteiger partial charge on any atom is -0.330 e. The third-order valence-electron chi connectivity index (χ3n) is 3.11. The Morgan fingerprint density at radius 1 is 1.50 bits per heavy atom. The van der Waals surface area contributed by atoms with Crippen LogP contribution in [0.2, 0.25) is 0 Å². The highest BCUT2D eigenvalue weighted by Gasteiger charge is 2.24. The van der Waals surface area contributed by atoms with Gasteiger partial charge in [-0.25, -0.2) is 4.98 Å². The zero-order chi connectivity index (χ0) is 11.8. The van der Waals surface area contributed by atoms with Crippen molar-refractivity contribution in [2.45, 2.75) is 27.2 Å². The van der Waals surface area contributed by atoms with Crippen molar-refractivity contribution in [3.63, 3.8) is 0 Å². The summed E-state index contributed by atoms with van der Waals surface area (Å²) < 4.78 is 2.08. The minimum atomic E-state index is 0.242. The quantitative estimate of drug-likeness (QED) is 0.891. The van der Waals surface area contributed by atoms with Crippen LogP contribution in [-0.4, -0.2) is 15.9 Å². The lowest BCUT2D eigenvalue weighted by atomic mass is 9.78. The first-order chi connectivity index (χ1) is 7.50. The average Bonchev–Trinajstić information content (AvgIpc) is 2.71. The van der Waals surface area contributed by atoms with Crippen molar-refractivity contribution in [2.24, 2.45) is 17.1 Å². The summed E-state index contributed by atoms with van der Waals surface area (Å²) >= 11 is 1.67. The normalized spacial score (nSPS) is 14.5. The maximum Gasteiger partial charge on any atom is 0.193 e. The molecule has 1 unspecified atom stereocenters. The monoisotopic (exact) mass is 237 g/mol. The topological polar surface area (TPSA) is 43.3 Å². The van der Waals surface area contributed by atoms with Crippen molar-refractivity contribution >= 4 is 16.3 Å². The Morgan fingerprint density at radius 3 is 2.81 bits per heavy atom. The molecule has 3 nitrogen and oxygen atoms in total. The Labute approximate surface area is 100 Å². The molecule has 0 aromatic carbocycles. The predicted octanol–water partition coefficient (Wildman–Crippen LogP) is 2.56. The Morgan fingerprint density at radius 2 is 2.25 bits per heavy atom. The van der Waals surface area contributed by atoms with Crippen LogP contribution < -0.4 is 5.73 Å². The van der Waals surface area contributed by atoms with E-state index < -0.39 is 0 Å². The SMILES string of the molecule is CC(C)(C)C(CN)Cc1cn2ccsc2n1. The minimum absolute atomic E-state index is 0.242. The molecule has 88 valence electrons. The molecule has 2 heterocycles. The molecular formula is C12H19N3S. The molecule has 0 radical (unpaired) electrons. The van der Waals surface area contributed by atoms with Crippen molar-refractivity contribution in [2.75, 3.05) is 6.54 Å². The molecule has 0 aliphatic heterocycles. The van der Waals surface area contributed by atoms with E-state index in [0.717, 1.165) is 17.1 Å². The maximum absolute atomic E-state index is 5.84. The van der Waals surface area contributed by atoms with Crippen molar-refractivity contribution < 1.29 is 0 Å².